The van der Waals surface area contributed by atoms with Crippen LogP contribution >= 0.6 is 11.8 Å². The molecule has 0 bridgehead atoms. The molecule has 8 heteroatoms. The second kappa shape index (κ2) is 7.40. The number of halogens is 1. The van der Waals surface area contributed by atoms with Crippen molar-refractivity contribution in [3.8, 4) is 5.75 Å². The first kappa shape index (κ1) is 17.7. The number of carbonyl (C=O) groups is 3. The van der Waals surface area contributed by atoms with Gasteiger partial charge in [-0.15, -0.1) is 0 Å². The smallest absolute Gasteiger partial charge is 0.294 e. The molecule has 0 saturated carbocycles. The maximum absolute atomic E-state index is 13.1. The van der Waals surface area contributed by atoms with Crippen LogP contribution in [0.4, 0.5) is 14.9 Å². The van der Waals surface area contributed by atoms with Crippen LogP contribution in [0, 0.1) is 5.82 Å². The van der Waals surface area contributed by atoms with Crippen molar-refractivity contribution < 1.29 is 23.9 Å². The molecule has 0 radical (unpaired) electrons. The molecule has 6 nitrogen and oxygen atoms in total. The lowest BCUT2D eigenvalue weighted by molar-refractivity contribution is -0.127. The van der Waals surface area contributed by atoms with Crippen LogP contribution in [0.25, 0.3) is 6.08 Å². The number of rotatable bonds is 4. The van der Waals surface area contributed by atoms with Crippen LogP contribution < -0.4 is 5.32 Å². The van der Waals surface area contributed by atoms with Crippen LogP contribution in [0.5, 0.6) is 5.75 Å². The SMILES string of the molecule is O=C(CN1C(=O)S/C(=C/c2ccc(O)cc2)C1=O)Nc1cccc(F)c1. The van der Waals surface area contributed by atoms with Crippen molar-refractivity contribution in [2.75, 3.05) is 11.9 Å². The van der Waals surface area contributed by atoms with Crippen molar-refractivity contribution in [3.63, 3.8) is 0 Å². The largest absolute Gasteiger partial charge is 0.508 e. The van der Waals surface area contributed by atoms with Crippen LogP contribution in [0.3, 0.4) is 0 Å². The topological polar surface area (TPSA) is 86.7 Å². The summed E-state index contributed by atoms with van der Waals surface area (Å²) in [5, 5.41) is 11.1. The normalized spacial score (nSPS) is 15.6. The molecule has 1 fully saturated rings. The van der Waals surface area contributed by atoms with Crippen LogP contribution in [0.1, 0.15) is 5.56 Å². The van der Waals surface area contributed by atoms with E-state index < -0.39 is 29.4 Å². The van der Waals surface area contributed by atoms with Gasteiger partial charge < -0.3 is 10.4 Å². The molecule has 0 spiro atoms. The van der Waals surface area contributed by atoms with E-state index >= 15 is 0 Å². The average molecular weight is 372 g/mol. The monoisotopic (exact) mass is 372 g/mol. The Balaban J connectivity index is 1.69. The maximum atomic E-state index is 13.1. The highest BCUT2D eigenvalue weighted by atomic mass is 32.2. The Morgan fingerprint density at radius 3 is 2.62 bits per heavy atom. The Morgan fingerprint density at radius 2 is 1.92 bits per heavy atom. The van der Waals surface area contributed by atoms with Crippen LogP contribution in [-0.2, 0) is 9.59 Å². The third-order valence-electron chi connectivity index (χ3n) is 3.47. The van der Waals surface area contributed by atoms with E-state index in [1.54, 1.807) is 12.1 Å². The van der Waals surface area contributed by atoms with Crippen molar-refractivity contribution in [2.45, 2.75) is 0 Å². The molecule has 132 valence electrons. The zero-order valence-corrected chi connectivity index (χ0v) is 14.1. The molecule has 3 amide bonds. The van der Waals surface area contributed by atoms with E-state index in [0.717, 1.165) is 22.7 Å². The summed E-state index contributed by atoms with van der Waals surface area (Å²) in [6, 6.07) is 11.4. The van der Waals surface area contributed by atoms with Crippen molar-refractivity contribution in [1.82, 2.24) is 4.90 Å². The van der Waals surface area contributed by atoms with Gasteiger partial charge in [-0.05, 0) is 53.7 Å². The summed E-state index contributed by atoms with van der Waals surface area (Å²) in [4.78, 5) is 37.4. The van der Waals surface area contributed by atoms with Gasteiger partial charge in [-0.1, -0.05) is 18.2 Å². The Hall–Kier alpha value is -3.13. The standard InChI is InChI=1S/C18H13FN2O4S/c19-12-2-1-3-13(9-12)20-16(23)10-21-17(24)15(26-18(21)25)8-11-4-6-14(22)7-5-11/h1-9,22H,10H2,(H,20,23)/b15-8+. The summed E-state index contributed by atoms with van der Waals surface area (Å²) >= 11 is 0.728. The lowest BCUT2D eigenvalue weighted by Crippen LogP contribution is -2.36. The fraction of sp³-hybridized carbons (Fsp3) is 0.0556. The molecule has 1 saturated heterocycles. The minimum absolute atomic E-state index is 0.0873. The maximum Gasteiger partial charge on any atom is 0.294 e. The van der Waals surface area contributed by atoms with Gasteiger partial charge in [-0.2, -0.15) is 0 Å². The van der Waals surface area contributed by atoms with E-state index in [2.05, 4.69) is 5.32 Å². The first-order valence-electron chi connectivity index (χ1n) is 7.52. The highest BCUT2D eigenvalue weighted by Crippen LogP contribution is 2.32. The number of hydrogen-bond acceptors (Lipinski definition) is 5. The quantitative estimate of drug-likeness (QED) is 0.805. The second-order valence-electron chi connectivity index (χ2n) is 5.42. The number of anilines is 1. The first-order valence-corrected chi connectivity index (χ1v) is 8.34. The molecule has 2 N–H and O–H groups in total. The van der Waals surface area contributed by atoms with E-state index in [0.29, 0.717) is 5.56 Å². The number of benzene rings is 2. The molecule has 1 heterocycles. The van der Waals surface area contributed by atoms with E-state index in [-0.39, 0.29) is 16.3 Å². The van der Waals surface area contributed by atoms with Gasteiger partial charge in [0.25, 0.3) is 11.1 Å². The molecule has 0 aliphatic carbocycles. The van der Waals surface area contributed by atoms with Gasteiger partial charge in [0.1, 0.15) is 18.1 Å². The summed E-state index contributed by atoms with van der Waals surface area (Å²) in [5.74, 6) is -1.61. The lowest BCUT2D eigenvalue weighted by Gasteiger charge is -2.12. The van der Waals surface area contributed by atoms with Gasteiger partial charge >= 0.3 is 0 Å². The fourth-order valence-electron chi connectivity index (χ4n) is 2.27. The number of phenolic OH excluding ortho intramolecular Hbond substituents is 1. The molecule has 2 aromatic rings. The molecular formula is C18H13FN2O4S. The Bertz CT molecular complexity index is 912. The molecule has 2 aromatic carbocycles. The minimum atomic E-state index is -0.608. The number of phenols is 1. The van der Waals surface area contributed by atoms with Gasteiger partial charge in [0.15, 0.2) is 0 Å². The first-order chi connectivity index (χ1) is 12.4. The second-order valence-corrected chi connectivity index (χ2v) is 6.41. The highest BCUT2D eigenvalue weighted by molar-refractivity contribution is 8.18. The van der Waals surface area contributed by atoms with Gasteiger partial charge in [0.2, 0.25) is 5.91 Å². The van der Waals surface area contributed by atoms with E-state index in [1.165, 1.54) is 36.4 Å². The minimum Gasteiger partial charge on any atom is -0.508 e. The van der Waals surface area contributed by atoms with Crippen molar-refractivity contribution in [3.05, 3.63) is 64.8 Å². The zero-order valence-electron chi connectivity index (χ0n) is 13.3. The van der Waals surface area contributed by atoms with E-state index in [4.69, 9.17) is 0 Å². The molecule has 0 unspecified atom stereocenters. The van der Waals surface area contributed by atoms with Crippen molar-refractivity contribution in [1.29, 1.82) is 0 Å². The summed E-state index contributed by atoms with van der Waals surface area (Å²) in [6.07, 6.45) is 1.51. The molecular weight excluding hydrogens is 359 g/mol. The predicted molar refractivity (Wildman–Crippen MR) is 95.8 cm³/mol. The molecule has 1 aliphatic heterocycles. The zero-order chi connectivity index (χ0) is 18.7. The van der Waals surface area contributed by atoms with E-state index in [9.17, 15) is 23.9 Å². The summed E-state index contributed by atoms with van der Waals surface area (Å²) in [6.45, 7) is -0.464. The molecule has 0 atom stereocenters. The summed E-state index contributed by atoms with van der Waals surface area (Å²) in [5.41, 5.74) is 0.874. The molecule has 3 rings (SSSR count). The van der Waals surface area contributed by atoms with Crippen molar-refractivity contribution >= 4 is 40.6 Å². The van der Waals surface area contributed by atoms with Gasteiger partial charge in [0.05, 0.1) is 4.91 Å². The van der Waals surface area contributed by atoms with Crippen LogP contribution in [-0.4, -0.2) is 33.6 Å². The predicted octanol–water partition coefficient (Wildman–Crippen LogP) is 3.21. The molecule has 1 aliphatic rings. The van der Waals surface area contributed by atoms with Crippen LogP contribution in [0.2, 0.25) is 0 Å². The van der Waals surface area contributed by atoms with Gasteiger partial charge in [-0.3, -0.25) is 19.3 Å². The third-order valence-corrected chi connectivity index (χ3v) is 4.38. The Labute approximate surface area is 152 Å². The van der Waals surface area contributed by atoms with Gasteiger partial charge in [0, 0.05) is 5.69 Å². The number of amides is 3. The number of hydrogen-bond donors (Lipinski definition) is 2. The average Bonchev–Trinajstić information content (AvgIpc) is 2.84. The number of carbonyl (C=O) groups excluding carboxylic acids is 3. The summed E-state index contributed by atoms with van der Waals surface area (Å²) < 4.78 is 13.1. The number of nitrogens with zero attached hydrogens (tertiary/aromatic N) is 1. The third kappa shape index (κ3) is 4.09. The highest BCUT2D eigenvalue weighted by Gasteiger charge is 2.36. The number of nitrogens with one attached hydrogen (secondary N) is 1. The molecule has 26 heavy (non-hydrogen) atoms. The number of aromatic hydroxyl groups is 1. The fourth-order valence-corrected chi connectivity index (χ4v) is 3.11. The Morgan fingerprint density at radius 1 is 1.19 bits per heavy atom. The summed E-state index contributed by atoms with van der Waals surface area (Å²) in [7, 11) is 0. The van der Waals surface area contributed by atoms with Crippen LogP contribution in [0.15, 0.2) is 53.4 Å². The Kier molecular flexibility index (Phi) is 5.04. The number of imide groups is 1. The van der Waals surface area contributed by atoms with Crippen molar-refractivity contribution in [2.24, 2.45) is 0 Å². The van der Waals surface area contributed by atoms with E-state index in [1.807, 2.05) is 0 Å². The van der Waals surface area contributed by atoms with Gasteiger partial charge in [-0.25, -0.2) is 4.39 Å². The lowest BCUT2D eigenvalue weighted by atomic mass is 10.2. The molecule has 0 aromatic heterocycles. The number of thioether (sulfide) groups is 1.